The Morgan fingerprint density at radius 3 is 2.53 bits per heavy atom. The lowest BCUT2D eigenvalue weighted by Crippen LogP contribution is -2.16. The maximum atomic E-state index is 5.27. The van der Waals surface area contributed by atoms with Gasteiger partial charge in [-0.1, -0.05) is 0 Å². The Morgan fingerprint density at radius 1 is 1.42 bits per heavy atom. The van der Waals surface area contributed by atoms with Crippen molar-refractivity contribution < 1.29 is 4.74 Å². The maximum absolute atomic E-state index is 5.27. The van der Waals surface area contributed by atoms with Gasteiger partial charge < -0.3 is 10.2 Å². The van der Waals surface area contributed by atoms with E-state index in [1.807, 2.05) is 19.1 Å². The molecule has 2 N–H and O–H groups in total. The molecule has 0 aliphatic heterocycles. The fourth-order valence-electron chi connectivity index (χ4n) is 1.64. The minimum atomic E-state index is 0.546. The zero-order valence-electron chi connectivity index (χ0n) is 10.3. The molecule has 5 nitrogen and oxygen atoms in total. The van der Waals surface area contributed by atoms with Gasteiger partial charge in [0.25, 0.3) is 0 Å². The van der Waals surface area contributed by atoms with Crippen molar-refractivity contribution in [2.45, 2.75) is 13.5 Å². The molecule has 0 radical (unpaired) electrons. The van der Waals surface area contributed by atoms with Crippen LogP contribution in [-0.4, -0.2) is 22.0 Å². The van der Waals surface area contributed by atoms with Gasteiger partial charge in [-0.3, -0.25) is 5.10 Å². The maximum Gasteiger partial charge on any atom is 0.214 e. The zero-order valence-corrected chi connectivity index (χ0v) is 14.3. The molecule has 0 atom stereocenters. The van der Waals surface area contributed by atoms with E-state index in [1.54, 1.807) is 11.8 Å². The lowest BCUT2D eigenvalue weighted by molar-refractivity contribution is 0.409. The lowest BCUT2D eigenvalue weighted by Gasteiger charge is -2.11. The number of hydrogen-bond donors (Lipinski definition) is 2. The normalized spacial score (nSPS) is 10.5. The highest BCUT2D eigenvalue weighted by atomic mass is 79.9. The Hall–Kier alpha value is -0.860. The first kappa shape index (κ1) is 14.5. The Balaban J connectivity index is 2.19. The molecule has 0 fully saturated rings. The Kier molecular flexibility index (Phi) is 4.64. The lowest BCUT2D eigenvalue weighted by atomic mass is 10.2. The molecule has 0 amide bonds. The SMILES string of the molecule is COc1c(Br)cc(CNn2c(C)n[nH]c2=S)cc1Br. The van der Waals surface area contributed by atoms with Gasteiger partial charge in [-0.15, -0.1) is 0 Å². The Bertz CT molecular complexity index is 629. The summed E-state index contributed by atoms with van der Waals surface area (Å²) in [6, 6.07) is 3.99. The summed E-state index contributed by atoms with van der Waals surface area (Å²) in [5.74, 6) is 1.57. The molecule has 1 aromatic carbocycles. The molecule has 0 unspecified atom stereocenters. The van der Waals surface area contributed by atoms with E-state index in [1.165, 1.54) is 0 Å². The summed E-state index contributed by atoms with van der Waals surface area (Å²) in [7, 11) is 1.64. The molecule has 8 heteroatoms. The minimum Gasteiger partial charge on any atom is -0.494 e. The van der Waals surface area contributed by atoms with E-state index >= 15 is 0 Å². The molecular weight excluding hydrogens is 396 g/mol. The van der Waals surface area contributed by atoms with Crippen LogP contribution in [0.25, 0.3) is 0 Å². The van der Waals surface area contributed by atoms with Crippen LogP contribution in [0.1, 0.15) is 11.4 Å². The van der Waals surface area contributed by atoms with Gasteiger partial charge in [0.05, 0.1) is 22.6 Å². The summed E-state index contributed by atoms with van der Waals surface area (Å²) in [4.78, 5) is 0. The van der Waals surface area contributed by atoms with E-state index in [2.05, 4.69) is 47.5 Å². The molecule has 102 valence electrons. The van der Waals surface area contributed by atoms with Crippen LogP contribution in [-0.2, 0) is 6.54 Å². The van der Waals surface area contributed by atoms with Gasteiger partial charge in [0.1, 0.15) is 11.6 Å². The highest BCUT2D eigenvalue weighted by Crippen LogP contribution is 2.34. The fourth-order valence-corrected chi connectivity index (χ4v) is 3.49. The molecule has 1 aromatic heterocycles. The molecule has 2 rings (SSSR count). The minimum absolute atomic E-state index is 0.546. The number of halogens is 2. The highest BCUT2D eigenvalue weighted by Gasteiger charge is 2.08. The number of benzene rings is 1. The third kappa shape index (κ3) is 3.18. The topological polar surface area (TPSA) is 54.9 Å². The van der Waals surface area contributed by atoms with Crippen LogP contribution in [0.3, 0.4) is 0 Å². The molecule has 0 saturated carbocycles. The van der Waals surface area contributed by atoms with Gasteiger partial charge >= 0.3 is 0 Å². The number of hydrogen-bond acceptors (Lipinski definition) is 4. The van der Waals surface area contributed by atoms with E-state index < -0.39 is 0 Å². The summed E-state index contributed by atoms with van der Waals surface area (Å²) in [6.45, 7) is 2.50. The molecule has 2 aromatic rings. The van der Waals surface area contributed by atoms with Gasteiger partial charge in [-0.05, 0) is 68.7 Å². The second-order valence-electron chi connectivity index (χ2n) is 3.84. The largest absolute Gasteiger partial charge is 0.494 e. The highest BCUT2D eigenvalue weighted by molar-refractivity contribution is 9.11. The van der Waals surface area contributed by atoms with Crippen molar-refractivity contribution in [1.82, 2.24) is 14.9 Å². The van der Waals surface area contributed by atoms with Crippen molar-refractivity contribution in [3.8, 4) is 5.75 Å². The van der Waals surface area contributed by atoms with Gasteiger partial charge in [-0.2, -0.15) is 5.10 Å². The van der Waals surface area contributed by atoms with Crippen LogP contribution in [0.15, 0.2) is 21.1 Å². The average molecular weight is 408 g/mol. The molecule has 0 aliphatic carbocycles. The summed E-state index contributed by atoms with van der Waals surface area (Å²) >= 11 is 12.1. The Morgan fingerprint density at radius 2 is 2.05 bits per heavy atom. The van der Waals surface area contributed by atoms with Gasteiger partial charge in [0.15, 0.2) is 0 Å². The summed E-state index contributed by atoms with van der Waals surface area (Å²) in [5, 5.41) is 6.76. The number of H-pyrrole nitrogens is 1. The van der Waals surface area contributed by atoms with Crippen molar-refractivity contribution in [1.29, 1.82) is 0 Å². The third-order valence-electron chi connectivity index (χ3n) is 2.54. The van der Waals surface area contributed by atoms with Crippen LogP contribution in [0.4, 0.5) is 0 Å². The van der Waals surface area contributed by atoms with Gasteiger partial charge in [0, 0.05) is 0 Å². The number of nitrogens with zero attached hydrogens (tertiary/aromatic N) is 2. The zero-order chi connectivity index (χ0) is 14.0. The number of methoxy groups -OCH3 is 1. The number of aromatic amines is 1. The third-order valence-corrected chi connectivity index (χ3v) is 4.00. The van der Waals surface area contributed by atoms with Crippen LogP contribution >= 0.6 is 44.1 Å². The van der Waals surface area contributed by atoms with E-state index in [0.29, 0.717) is 11.3 Å². The number of aromatic nitrogens is 3. The molecule has 19 heavy (non-hydrogen) atoms. The smallest absolute Gasteiger partial charge is 0.214 e. The predicted molar refractivity (Wildman–Crippen MR) is 83.6 cm³/mol. The summed E-state index contributed by atoms with van der Waals surface area (Å²) < 4.78 is 9.35. The number of nitrogens with one attached hydrogen (secondary N) is 2. The molecule has 0 bridgehead atoms. The van der Waals surface area contributed by atoms with Crippen molar-refractivity contribution in [3.05, 3.63) is 37.2 Å². The van der Waals surface area contributed by atoms with Crippen LogP contribution < -0.4 is 10.2 Å². The van der Waals surface area contributed by atoms with Gasteiger partial charge in [-0.25, -0.2) is 4.68 Å². The van der Waals surface area contributed by atoms with E-state index in [4.69, 9.17) is 17.0 Å². The van der Waals surface area contributed by atoms with Gasteiger partial charge in [0.2, 0.25) is 4.77 Å². The van der Waals surface area contributed by atoms with Crippen molar-refractivity contribution in [2.24, 2.45) is 0 Å². The monoisotopic (exact) mass is 406 g/mol. The van der Waals surface area contributed by atoms with Crippen molar-refractivity contribution >= 4 is 44.1 Å². The molecule has 1 heterocycles. The van der Waals surface area contributed by atoms with Crippen molar-refractivity contribution in [3.63, 3.8) is 0 Å². The molecular formula is C11H12Br2N4OS. The summed E-state index contributed by atoms with van der Waals surface area (Å²) in [6.07, 6.45) is 0. The van der Waals surface area contributed by atoms with E-state index in [0.717, 1.165) is 26.1 Å². The first-order chi connectivity index (χ1) is 9.02. The van der Waals surface area contributed by atoms with Crippen LogP contribution in [0, 0.1) is 11.7 Å². The number of aryl methyl sites for hydroxylation is 1. The van der Waals surface area contributed by atoms with E-state index in [9.17, 15) is 0 Å². The molecule has 0 aliphatic rings. The first-order valence-electron chi connectivity index (χ1n) is 5.42. The van der Waals surface area contributed by atoms with Crippen molar-refractivity contribution in [2.75, 3.05) is 12.5 Å². The second kappa shape index (κ2) is 6.06. The first-order valence-corrected chi connectivity index (χ1v) is 7.42. The average Bonchev–Trinajstić information content (AvgIpc) is 2.66. The fraction of sp³-hybridized carbons (Fsp3) is 0.273. The van der Waals surface area contributed by atoms with Crippen LogP contribution in [0.2, 0.25) is 0 Å². The molecule has 0 spiro atoms. The predicted octanol–water partition coefficient (Wildman–Crippen LogP) is 3.53. The quantitative estimate of drug-likeness (QED) is 0.761. The van der Waals surface area contributed by atoms with E-state index in [-0.39, 0.29) is 0 Å². The molecule has 0 saturated heterocycles. The van der Waals surface area contributed by atoms with Crippen LogP contribution in [0.5, 0.6) is 5.75 Å². The number of rotatable bonds is 4. The summed E-state index contributed by atoms with van der Waals surface area (Å²) in [5.41, 5.74) is 4.29. The second-order valence-corrected chi connectivity index (χ2v) is 5.93. The standard InChI is InChI=1S/C11H12Br2N4OS/c1-6-15-16-11(19)17(6)14-5-7-3-8(12)10(18-2)9(13)4-7/h3-4,14H,5H2,1-2H3,(H,16,19). The number of ether oxygens (including phenoxy) is 1. The Labute approximate surface area is 132 Å².